The number of hydrogen-bond acceptors (Lipinski definition) is 11. The molecule has 0 radical (unpaired) electrons. The van der Waals surface area contributed by atoms with Gasteiger partial charge in [-0.25, -0.2) is 17.4 Å². The number of nitrogens with one attached hydrogen (secondary N) is 1. The van der Waals surface area contributed by atoms with Gasteiger partial charge in [0, 0.05) is 41.9 Å². The number of imidazole rings is 1. The molecule has 0 aliphatic carbocycles. The molecule has 0 spiro atoms. The maximum Gasteiger partial charge on any atom is 0.268 e. The number of pyridine rings is 1. The van der Waals surface area contributed by atoms with Crippen LogP contribution in [0.4, 0.5) is 0 Å². The van der Waals surface area contributed by atoms with Crippen molar-refractivity contribution in [3.63, 3.8) is 0 Å². The predicted molar refractivity (Wildman–Crippen MR) is 196 cm³/mol. The van der Waals surface area contributed by atoms with Crippen molar-refractivity contribution in [2.75, 3.05) is 0 Å². The molecule has 0 saturated carbocycles. The van der Waals surface area contributed by atoms with Crippen LogP contribution < -0.4 is 22.5 Å². The minimum absolute atomic E-state index is 0.00342. The van der Waals surface area contributed by atoms with Crippen LogP contribution in [-0.4, -0.2) is 69.2 Å². The zero-order chi connectivity index (χ0) is 38.2. The van der Waals surface area contributed by atoms with Gasteiger partial charge < -0.3 is 27.6 Å². The van der Waals surface area contributed by atoms with E-state index in [0.29, 0.717) is 18.5 Å². The van der Waals surface area contributed by atoms with Gasteiger partial charge in [-0.15, -0.1) is 0 Å². The molecule has 0 fully saturated rings. The Morgan fingerprint density at radius 3 is 2.16 bits per heavy atom. The molecule has 8 N–H and O–H groups in total. The SMILES string of the molecule is CC[C@H](C)[C@H](N)C(=O)NCc1cc(C(=O)[C@@H](N)Cc2cn(S(=O)(=O)c3ccc(C)cc3)cn2)c(C(=O)C(C[C@H](O)[C@@H](N)CC(C)C)C(C)C)cn1. The number of carbonyl (C=O) groups excluding carboxylic acids is 3. The fourth-order valence-corrected chi connectivity index (χ4v) is 6.91. The third-order valence-electron chi connectivity index (χ3n) is 9.35. The van der Waals surface area contributed by atoms with Crippen LogP contribution in [0.3, 0.4) is 0 Å². The Hall–Kier alpha value is -3.82. The van der Waals surface area contributed by atoms with E-state index in [1.807, 2.05) is 48.5 Å². The van der Waals surface area contributed by atoms with E-state index in [4.69, 9.17) is 17.2 Å². The number of aryl methyl sites for hydroxylation is 1. The summed E-state index contributed by atoms with van der Waals surface area (Å²) in [6.07, 6.45) is 4.05. The zero-order valence-electron chi connectivity index (χ0n) is 30.7. The van der Waals surface area contributed by atoms with Gasteiger partial charge in [0.05, 0.1) is 41.0 Å². The molecule has 0 aliphatic heterocycles. The third kappa shape index (κ3) is 10.8. The normalized spacial score (nSPS) is 15.6. The van der Waals surface area contributed by atoms with Crippen molar-refractivity contribution in [1.82, 2.24) is 19.3 Å². The Bertz CT molecular complexity index is 1760. The number of hydrogen-bond donors (Lipinski definition) is 5. The molecule has 0 saturated heterocycles. The van der Waals surface area contributed by atoms with Crippen molar-refractivity contribution >= 4 is 27.5 Å². The predicted octanol–water partition coefficient (Wildman–Crippen LogP) is 3.15. The molecular formula is C37H55N7O6S. The molecule has 3 aromatic rings. The van der Waals surface area contributed by atoms with Crippen molar-refractivity contribution in [3.8, 4) is 0 Å². The van der Waals surface area contributed by atoms with Crippen LogP contribution in [0.1, 0.15) is 98.5 Å². The molecule has 3 rings (SSSR count). The Labute approximate surface area is 301 Å². The molecule has 1 amide bonds. The number of nitrogens with two attached hydrogens (primary N) is 3. The minimum atomic E-state index is -3.93. The third-order valence-corrected chi connectivity index (χ3v) is 11.0. The fourth-order valence-electron chi connectivity index (χ4n) is 5.75. The van der Waals surface area contributed by atoms with E-state index in [1.54, 1.807) is 12.1 Å². The molecule has 280 valence electrons. The van der Waals surface area contributed by atoms with Crippen molar-refractivity contribution in [1.29, 1.82) is 0 Å². The maximum atomic E-state index is 14.2. The van der Waals surface area contributed by atoms with Gasteiger partial charge in [-0.2, -0.15) is 0 Å². The standard InChI is InChI=1S/C37H55N7O6S/c1-8-24(7)34(40)37(48)42-17-25-14-29(30(18-41-25)35(46)28(22(4)5)16-33(45)31(38)13-21(2)3)36(47)32(39)15-26-19-44(20-43-26)51(49,50)27-11-9-23(6)10-12-27/h9-12,14,18-22,24,28,31-34,45H,8,13,15-17,38-40H2,1-7H3,(H,42,48)/t24-,28?,31-,32-,33-,34-/m0/s1. The highest BCUT2D eigenvalue weighted by Crippen LogP contribution is 2.27. The van der Waals surface area contributed by atoms with Crippen LogP contribution in [0.2, 0.25) is 0 Å². The van der Waals surface area contributed by atoms with Crippen LogP contribution in [0.15, 0.2) is 53.9 Å². The van der Waals surface area contributed by atoms with E-state index < -0.39 is 51.7 Å². The Morgan fingerprint density at radius 1 is 0.922 bits per heavy atom. The summed E-state index contributed by atoms with van der Waals surface area (Å²) < 4.78 is 27.3. The van der Waals surface area contributed by atoms with Gasteiger partial charge in [0.2, 0.25) is 5.91 Å². The molecular weight excluding hydrogens is 671 g/mol. The lowest BCUT2D eigenvalue weighted by molar-refractivity contribution is -0.123. The van der Waals surface area contributed by atoms with Gasteiger partial charge in [0.25, 0.3) is 10.0 Å². The van der Waals surface area contributed by atoms with E-state index in [-0.39, 0.29) is 64.8 Å². The Balaban J connectivity index is 1.94. The van der Waals surface area contributed by atoms with Crippen LogP contribution >= 0.6 is 0 Å². The fraction of sp³-hybridized carbons (Fsp3) is 0.541. The first-order chi connectivity index (χ1) is 23.9. The molecule has 6 atom stereocenters. The lowest BCUT2D eigenvalue weighted by atomic mass is 9.80. The number of benzene rings is 1. The Kier molecular flexibility index (Phi) is 14.8. The van der Waals surface area contributed by atoms with Crippen LogP contribution in [0.5, 0.6) is 0 Å². The molecule has 51 heavy (non-hydrogen) atoms. The first-order valence-corrected chi connectivity index (χ1v) is 19.0. The monoisotopic (exact) mass is 725 g/mol. The topological polar surface area (TPSA) is 226 Å². The number of aromatic nitrogens is 3. The summed E-state index contributed by atoms with van der Waals surface area (Å²) >= 11 is 0. The highest BCUT2D eigenvalue weighted by molar-refractivity contribution is 7.90. The van der Waals surface area contributed by atoms with Crippen LogP contribution in [-0.2, 0) is 27.8 Å². The number of aliphatic hydroxyl groups excluding tert-OH is 1. The van der Waals surface area contributed by atoms with E-state index in [1.165, 1.54) is 30.6 Å². The molecule has 14 heteroatoms. The average Bonchev–Trinajstić information content (AvgIpc) is 3.57. The molecule has 0 aliphatic rings. The molecule has 2 aromatic heterocycles. The first-order valence-electron chi connectivity index (χ1n) is 17.5. The minimum Gasteiger partial charge on any atom is -0.391 e. The second kappa shape index (κ2) is 18.1. The molecule has 1 unspecified atom stereocenters. The number of ketones is 2. The quantitative estimate of drug-likeness (QED) is 0.113. The average molecular weight is 726 g/mol. The molecule has 2 heterocycles. The number of aliphatic hydroxyl groups is 1. The summed E-state index contributed by atoms with van der Waals surface area (Å²) in [5.41, 5.74) is 20.3. The van der Waals surface area contributed by atoms with Crippen molar-refractivity contribution in [2.24, 2.45) is 40.9 Å². The number of nitrogens with zero attached hydrogens (tertiary/aromatic N) is 3. The molecule has 1 aromatic carbocycles. The summed E-state index contributed by atoms with van der Waals surface area (Å²) in [5, 5.41) is 13.7. The smallest absolute Gasteiger partial charge is 0.268 e. The largest absolute Gasteiger partial charge is 0.391 e. The first kappa shape index (κ1) is 41.6. The summed E-state index contributed by atoms with van der Waals surface area (Å²) in [6.45, 7) is 13.3. The van der Waals surface area contributed by atoms with E-state index in [9.17, 15) is 27.9 Å². The summed E-state index contributed by atoms with van der Waals surface area (Å²) in [6, 6.07) is 5.34. The van der Waals surface area contributed by atoms with Gasteiger partial charge in [0.1, 0.15) is 6.33 Å². The van der Waals surface area contributed by atoms with Gasteiger partial charge in [-0.3, -0.25) is 19.4 Å². The van der Waals surface area contributed by atoms with E-state index >= 15 is 0 Å². The second-order valence-corrected chi connectivity index (χ2v) is 16.2. The number of amides is 1. The van der Waals surface area contributed by atoms with Gasteiger partial charge in [-0.05, 0) is 55.7 Å². The number of Topliss-reactive ketones (excluding diaryl/α,β-unsaturated/α-hetero) is 2. The van der Waals surface area contributed by atoms with E-state index in [0.717, 1.165) is 15.9 Å². The van der Waals surface area contributed by atoms with Crippen molar-refractivity contribution < 1.29 is 27.9 Å². The van der Waals surface area contributed by atoms with Crippen molar-refractivity contribution in [3.05, 3.63) is 77.1 Å². The highest BCUT2D eigenvalue weighted by Gasteiger charge is 2.33. The van der Waals surface area contributed by atoms with Gasteiger partial charge >= 0.3 is 0 Å². The summed E-state index contributed by atoms with van der Waals surface area (Å²) in [5.74, 6) is -2.08. The zero-order valence-corrected chi connectivity index (χ0v) is 31.6. The maximum absolute atomic E-state index is 14.2. The van der Waals surface area contributed by atoms with E-state index in [2.05, 4.69) is 15.3 Å². The number of rotatable bonds is 19. The van der Waals surface area contributed by atoms with Crippen LogP contribution in [0, 0.1) is 30.6 Å². The number of carbonyl (C=O) groups is 3. The second-order valence-electron chi connectivity index (χ2n) is 14.3. The Morgan fingerprint density at radius 2 is 1.57 bits per heavy atom. The highest BCUT2D eigenvalue weighted by atomic mass is 32.2. The lowest BCUT2D eigenvalue weighted by Crippen LogP contribution is -2.44. The van der Waals surface area contributed by atoms with Crippen molar-refractivity contribution in [2.45, 2.75) is 110 Å². The lowest BCUT2D eigenvalue weighted by Gasteiger charge is -2.27. The molecule has 13 nitrogen and oxygen atoms in total. The summed E-state index contributed by atoms with van der Waals surface area (Å²) in [7, 11) is -3.93. The van der Waals surface area contributed by atoms with Crippen LogP contribution in [0.25, 0.3) is 0 Å². The van der Waals surface area contributed by atoms with Gasteiger partial charge in [0.15, 0.2) is 11.6 Å². The van der Waals surface area contributed by atoms with Gasteiger partial charge in [-0.1, -0.05) is 65.7 Å². The summed E-state index contributed by atoms with van der Waals surface area (Å²) in [4.78, 5) is 49.6. The molecule has 0 bridgehead atoms.